The van der Waals surface area contributed by atoms with Gasteiger partial charge in [-0.1, -0.05) is 17.7 Å². The summed E-state index contributed by atoms with van der Waals surface area (Å²) in [5, 5.41) is 8.45. The summed E-state index contributed by atoms with van der Waals surface area (Å²) in [5.41, 5.74) is 3.82. The number of aromatic nitrogens is 1. The molecule has 0 radical (unpaired) electrons. The molecule has 0 atom stereocenters. The van der Waals surface area contributed by atoms with Crippen molar-refractivity contribution in [3.63, 3.8) is 0 Å². The van der Waals surface area contributed by atoms with Crippen LogP contribution in [0.15, 0.2) is 42.6 Å². The van der Waals surface area contributed by atoms with Crippen LogP contribution >= 0.6 is 23.8 Å². The minimum atomic E-state index is -0.232. The number of nitrogens with one attached hydrogen (secondary N) is 3. The van der Waals surface area contributed by atoms with Crippen molar-refractivity contribution in [2.45, 2.75) is 13.3 Å². The van der Waals surface area contributed by atoms with E-state index >= 15 is 0 Å². The highest BCUT2D eigenvalue weighted by molar-refractivity contribution is 7.80. The largest absolute Gasteiger partial charge is 0.362 e. The molecule has 0 aliphatic heterocycles. The quantitative estimate of drug-likeness (QED) is 0.585. The van der Waals surface area contributed by atoms with Crippen LogP contribution in [0.5, 0.6) is 0 Å². The predicted octanol–water partition coefficient (Wildman–Crippen LogP) is 4.80. The van der Waals surface area contributed by atoms with Crippen LogP contribution in [0.1, 0.15) is 11.1 Å². The Morgan fingerprint density at radius 1 is 1.29 bits per heavy atom. The van der Waals surface area contributed by atoms with E-state index in [0.29, 0.717) is 16.7 Å². The van der Waals surface area contributed by atoms with Crippen LogP contribution in [0.25, 0.3) is 10.9 Å². The van der Waals surface area contributed by atoms with E-state index in [1.807, 2.05) is 31.3 Å². The fourth-order valence-electron chi connectivity index (χ4n) is 2.58. The minimum absolute atomic E-state index is 0.232. The number of rotatable bonds is 4. The minimum Gasteiger partial charge on any atom is -0.362 e. The second kappa shape index (κ2) is 7.20. The van der Waals surface area contributed by atoms with Gasteiger partial charge in [0.25, 0.3) is 0 Å². The molecule has 3 rings (SSSR count). The molecule has 1 aromatic heterocycles. The number of anilines is 1. The number of benzene rings is 2. The average Bonchev–Trinajstić information content (AvgIpc) is 2.94. The molecule has 3 aromatic rings. The Kier molecular flexibility index (Phi) is 5.02. The van der Waals surface area contributed by atoms with Crippen LogP contribution < -0.4 is 10.6 Å². The van der Waals surface area contributed by atoms with Crippen LogP contribution in [-0.4, -0.2) is 16.6 Å². The Bertz CT molecular complexity index is 891. The summed E-state index contributed by atoms with van der Waals surface area (Å²) in [5.74, 6) is -0.232. The van der Waals surface area contributed by atoms with Crippen molar-refractivity contribution in [1.82, 2.24) is 10.3 Å². The molecule has 0 saturated carbocycles. The van der Waals surface area contributed by atoms with Crippen molar-refractivity contribution >= 4 is 45.5 Å². The first kappa shape index (κ1) is 16.7. The summed E-state index contributed by atoms with van der Waals surface area (Å²) in [6.07, 6.45) is 2.64. The van der Waals surface area contributed by atoms with Gasteiger partial charge in [0.2, 0.25) is 0 Å². The zero-order valence-electron chi connectivity index (χ0n) is 13.1. The predicted molar refractivity (Wildman–Crippen MR) is 102 cm³/mol. The SMILES string of the molecule is Cc1c(Cl)cccc1NC(=S)NCCc1c[nH]c2ccc(F)cc12. The van der Waals surface area contributed by atoms with Gasteiger partial charge in [-0.05, 0) is 67.0 Å². The third-order valence-corrected chi connectivity index (χ3v) is 4.58. The topological polar surface area (TPSA) is 39.8 Å². The number of fused-ring (bicyclic) bond motifs is 1. The maximum absolute atomic E-state index is 13.4. The van der Waals surface area contributed by atoms with Gasteiger partial charge in [-0.2, -0.15) is 0 Å². The molecule has 0 spiro atoms. The average molecular weight is 362 g/mol. The fourth-order valence-corrected chi connectivity index (χ4v) is 2.96. The van der Waals surface area contributed by atoms with Crippen LogP contribution in [0.2, 0.25) is 5.02 Å². The summed E-state index contributed by atoms with van der Waals surface area (Å²) in [4.78, 5) is 3.15. The van der Waals surface area contributed by atoms with E-state index < -0.39 is 0 Å². The second-order valence-electron chi connectivity index (χ2n) is 5.55. The molecule has 3 N–H and O–H groups in total. The monoisotopic (exact) mass is 361 g/mol. The first-order chi connectivity index (χ1) is 11.5. The van der Waals surface area contributed by atoms with Crippen molar-refractivity contribution < 1.29 is 4.39 Å². The molecule has 0 bridgehead atoms. The Balaban J connectivity index is 1.58. The van der Waals surface area contributed by atoms with Gasteiger partial charge in [0.1, 0.15) is 5.82 Å². The molecule has 0 aliphatic rings. The first-order valence-corrected chi connectivity index (χ1v) is 8.38. The molecule has 6 heteroatoms. The standard InChI is InChI=1S/C18H17ClFN3S/c1-11-15(19)3-2-4-16(11)23-18(24)21-8-7-12-10-22-17-6-5-13(20)9-14(12)17/h2-6,9-10,22H,7-8H2,1H3,(H2,21,23,24). The van der Waals surface area contributed by atoms with E-state index in [4.69, 9.17) is 23.8 Å². The lowest BCUT2D eigenvalue weighted by Gasteiger charge is -2.13. The summed E-state index contributed by atoms with van der Waals surface area (Å²) in [7, 11) is 0. The van der Waals surface area contributed by atoms with Crippen LogP contribution in [0.4, 0.5) is 10.1 Å². The maximum Gasteiger partial charge on any atom is 0.170 e. The molecule has 0 amide bonds. The van der Waals surface area contributed by atoms with Gasteiger partial charge in [-0.25, -0.2) is 4.39 Å². The molecule has 0 unspecified atom stereocenters. The number of hydrogen-bond donors (Lipinski definition) is 3. The smallest absolute Gasteiger partial charge is 0.170 e. The molecule has 1 heterocycles. The molecule has 0 saturated heterocycles. The number of H-pyrrole nitrogens is 1. The summed E-state index contributed by atoms with van der Waals surface area (Å²) < 4.78 is 13.4. The van der Waals surface area contributed by atoms with Gasteiger partial charge in [-0.3, -0.25) is 0 Å². The van der Waals surface area contributed by atoms with E-state index in [0.717, 1.165) is 34.1 Å². The van der Waals surface area contributed by atoms with Gasteiger partial charge in [0.05, 0.1) is 0 Å². The van der Waals surface area contributed by atoms with Crippen molar-refractivity contribution in [2.75, 3.05) is 11.9 Å². The lowest BCUT2D eigenvalue weighted by molar-refractivity contribution is 0.629. The normalized spacial score (nSPS) is 10.8. The molecular weight excluding hydrogens is 345 g/mol. The van der Waals surface area contributed by atoms with Crippen LogP contribution in [-0.2, 0) is 6.42 Å². The van der Waals surface area contributed by atoms with Gasteiger partial charge >= 0.3 is 0 Å². The molecule has 0 fully saturated rings. The van der Waals surface area contributed by atoms with E-state index in [1.165, 1.54) is 6.07 Å². The zero-order chi connectivity index (χ0) is 17.1. The number of thiocarbonyl (C=S) groups is 1. The van der Waals surface area contributed by atoms with Crippen molar-refractivity contribution in [3.05, 3.63) is 64.6 Å². The second-order valence-corrected chi connectivity index (χ2v) is 6.36. The van der Waals surface area contributed by atoms with Gasteiger partial charge in [0.15, 0.2) is 5.11 Å². The highest BCUT2D eigenvalue weighted by atomic mass is 35.5. The van der Waals surface area contributed by atoms with Gasteiger partial charge < -0.3 is 15.6 Å². The van der Waals surface area contributed by atoms with Gasteiger partial charge in [-0.15, -0.1) is 0 Å². The fraction of sp³-hybridized carbons (Fsp3) is 0.167. The molecule has 0 aliphatic carbocycles. The molecule has 3 nitrogen and oxygen atoms in total. The highest BCUT2D eigenvalue weighted by Gasteiger charge is 2.06. The number of hydrogen-bond acceptors (Lipinski definition) is 1. The summed E-state index contributed by atoms with van der Waals surface area (Å²) in [6.45, 7) is 2.59. The highest BCUT2D eigenvalue weighted by Crippen LogP contribution is 2.23. The lowest BCUT2D eigenvalue weighted by atomic mass is 10.1. The third-order valence-electron chi connectivity index (χ3n) is 3.93. The van der Waals surface area contributed by atoms with Crippen LogP contribution in [0.3, 0.4) is 0 Å². The first-order valence-electron chi connectivity index (χ1n) is 7.60. The van der Waals surface area contributed by atoms with E-state index in [-0.39, 0.29) is 5.82 Å². The van der Waals surface area contributed by atoms with Crippen molar-refractivity contribution in [3.8, 4) is 0 Å². The van der Waals surface area contributed by atoms with Crippen LogP contribution in [0, 0.1) is 12.7 Å². The Hall–Kier alpha value is -2.11. The van der Waals surface area contributed by atoms with Crippen molar-refractivity contribution in [1.29, 1.82) is 0 Å². The lowest BCUT2D eigenvalue weighted by Crippen LogP contribution is -2.30. The molecular formula is C18H17ClFN3S. The molecule has 24 heavy (non-hydrogen) atoms. The molecule has 2 aromatic carbocycles. The van der Waals surface area contributed by atoms with E-state index in [9.17, 15) is 4.39 Å². The Labute approximate surface area is 150 Å². The summed E-state index contributed by atoms with van der Waals surface area (Å²) >= 11 is 11.4. The Morgan fingerprint density at radius 3 is 2.96 bits per heavy atom. The van der Waals surface area contributed by atoms with Gasteiger partial charge in [0, 0.05) is 34.4 Å². The Morgan fingerprint density at radius 2 is 2.12 bits per heavy atom. The zero-order valence-corrected chi connectivity index (χ0v) is 14.7. The van der Waals surface area contributed by atoms with E-state index in [1.54, 1.807) is 12.1 Å². The maximum atomic E-state index is 13.4. The van der Waals surface area contributed by atoms with E-state index in [2.05, 4.69) is 15.6 Å². The number of aromatic amines is 1. The van der Waals surface area contributed by atoms with Crippen molar-refractivity contribution in [2.24, 2.45) is 0 Å². The summed E-state index contributed by atoms with van der Waals surface area (Å²) in [6, 6.07) is 10.4. The number of halogens is 2. The third kappa shape index (κ3) is 3.68. The molecule has 124 valence electrons.